The second-order valence-electron chi connectivity index (χ2n) is 6.44. The lowest BCUT2D eigenvalue weighted by molar-refractivity contribution is -0.117. The largest absolute Gasteiger partial charge is 0.360 e. The molecule has 1 unspecified atom stereocenters. The van der Waals surface area contributed by atoms with E-state index < -0.39 is 0 Å². The third-order valence-electron chi connectivity index (χ3n) is 4.65. The van der Waals surface area contributed by atoms with Crippen LogP contribution in [0.2, 0.25) is 0 Å². The van der Waals surface area contributed by atoms with Gasteiger partial charge >= 0.3 is 0 Å². The molecule has 4 rings (SSSR count). The molecule has 7 heteroatoms. The number of nitrogens with zero attached hydrogens (tertiary/aromatic N) is 5. The first-order valence-electron chi connectivity index (χ1n) is 8.18. The maximum Gasteiger partial charge on any atom is 0.227 e. The third kappa shape index (κ3) is 2.88. The lowest BCUT2D eigenvalue weighted by Crippen LogP contribution is -2.23. The van der Waals surface area contributed by atoms with Crippen LogP contribution in [0.5, 0.6) is 0 Å². The van der Waals surface area contributed by atoms with E-state index >= 15 is 0 Å². The quantitative estimate of drug-likeness (QED) is 0.860. The Morgan fingerprint density at radius 3 is 3.04 bits per heavy atom. The standard InChI is InChI=1S/C16H21N5O2/c1-12-7-15(23-18-12)11-19-6-4-13(9-19)21-10-14(8-17-21)20-5-2-3-16(20)22/h7-8,10,13H,2-6,9,11H2,1H3. The van der Waals surface area contributed by atoms with Crippen molar-refractivity contribution in [3.05, 3.63) is 29.9 Å². The van der Waals surface area contributed by atoms with Crippen LogP contribution in [0.3, 0.4) is 0 Å². The number of hydrogen-bond acceptors (Lipinski definition) is 5. The van der Waals surface area contributed by atoms with Crippen LogP contribution in [0.4, 0.5) is 5.69 Å². The maximum absolute atomic E-state index is 11.8. The first-order chi connectivity index (χ1) is 11.2. The summed E-state index contributed by atoms with van der Waals surface area (Å²) in [4.78, 5) is 16.0. The van der Waals surface area contributed by atoms with Crippen LogP contribution in [0.1, 0.15) is 36.8 Å². The average Bonchev–Trinajstić information content (AvgIpc) is 3.27. The van der Waals surface area contributed by atoms with E-state index in [1.54, 1.807) is 0 Å². The fourth-order valence-corrected chi connectivity index (χ4v) is 3.47. The van der Waals surface area contributed by atoms with Crippen molar-refractivity contribution in [2.45, 2.75) is 38.8 Å². The molecule has 122 valence electrons. The van der Waals surface area contributed by atoms with Gasteiger partial charge in [-0.25, -0.2) is 0 Å². The van der Waals surface area contributed by atoms with Gasteiger partial charge in [0.25, 0.3) is 0 Å². The van der Waals surface area contributed by atoms with Gasteiger partial charge in [-0.05, 0) is 19.8 Å². The molecule has 1 amide bonds. The monoisotopic (exact) mass is 315 g/mol. The summed E-state index contributed by atoms with van der Waals surface area (Å²) in [5.41, 5.74) is 1.85. The summed E-state index contributed by atoms with van der Waals surface area (Å²) < 4.78 is 7.30. The van der Waals surface area contributed by atoms with Crippen LogP contribution in [0, 0.1) is 6.92 Å². The molecule has 4 heterocycles. The number of rotatable bonds is 4. The molecule has 7 nitrogen and oxygen atoms in total. The Morgan fingerprint density at radius 1 is 1.39 bits per heavy atom. The Balaban J connectivity index is 1.40. The van der Waals surface area contributed by atoms with E-state index in [2.05, 4.69) is 15.2 Å². The van der Waals surface area contributed by atoms with Crippen molar-refractivity contribution in [2.24, 2.45) is 0 Å². The third-order valence-corrected chi connectivity index (χ3v) is 4.65. The van der Waals surface area contributed by atoms with Crippen molar-refractivity contribution >= 4 is 11.6 Å². The van der Waals surface area contributed by atoms with E-state index in [0.717, 1.165) is 56.2 Å². The number of carbonyl (C=O) groups is 1. The Hall–Kier alpha value is -2.15. The zero-order chi connectivity index (χ0) is 15.8. The van der Waals surface area contributed by atoms with Crippen LogP contribution in [-0.4, -0.2) is 45.4 Å². The SMILES string of the molecule is Cc1cc(CN2CCC(n3cc(N4CCCC4=O)cn3)C2)on1. The predicted molar refractivity (Wildman–Crippen MR) is 84.0 cm³/mol. The van der Waals surface area contributed by atoms with Gasteiger partial charge in [0.1, 0.15) is 0 Å². The fraction of sp³-hybridized carbons (Fsp3) is 0.562. The normalized spacial score (nSPS) is 22.4. The van der Waals surface area contributed by atoms with Crippen LogP contribution >= 0.6 is 0 Å². The molecular weight excluding hydrogens is 294 g/mol. The Labute approximate surface area is 134 Å². The summed E-state index contributed by atoms with van der Waals surface area (Å²) >= 11 is 0. The summed E-state index contributed by atoms with van der Waals surface area (Å²) in [6.45, 7) is 5.49. The highest BCUT2D eigenvalue weighted by Gasteiger charge is 2.27. The second-order valence-corrected chi connectivity index (χ2v) is 6.44. The van der Waals surface area contributed by atoms with E-state index in [4.69, 9.17) is 4.52 Å². The van der Waals surface area contributed by atoms with Crippen molar-refractivity contribution in [1.29, 1.82) is 0 Å². The Bertz CT molecular complexity index is 707. The molecule has 2 aliphatic heterocycles. The van der Waals surface area contributed by atoms with Gasteiger partial charge in [0, 0.05) is 38.3 Å². The molecule has 0 radical (unpaired) electrons. The van der Waals surface area contributed by atoms with Crippen molar-refractivity contribution in [3.63, 3.8) is 0 Å². The van der Waals surface area contributed by atoms with E-state index in [0.29, 0.717) is 12.5 Å². The predicted octanol–water partition coefficient (Wildman–Crippen LogP) is 1.75. The van der Waals surface area contributed by atoms with E-state index in [-0.39, 0.29) is 5.91 Å². The number of amides is 1. The second kappa shape index (κ2) is 5.81. The van der Waals surface area contributed by atoms with Gasteiger partial charge in [0.2, 0.25) is 5.91 Å². The smallest absolute Gasteiger partial charge is 0.227 e. The number of carbonyl (C=O) groups excluding carboxylic acids is 1. The van der Waals surface area contributed by atoms with Crippen LogP contribution in [0.15, 0.2) is 23.0 Å². The van der Waals surface area contributed by atoms with E-state index in [9.17, 15) is 4.79 Å². The average molecular weight is 315 g/mol. The fourth-order valence-electron chi connectivity index (χ4n) is 3.47. The zero-order valence-corrected chi connectivity index (χ0v) is 13.3. The number of hydrogen-bond donors (Lipinski definition) is 0. The first-order valence-corrected chi connectivity index (χ1v) is 8.18. The number of aryl methyl sites for hydroxylation is 1. The Kier molecular flexibility index (Phi) is 3.65. The molecule has 2 aromatic heterocycles. The first kappa shape index (κ1) is 14.4. The molecule has 0 aromatic carbocycles. The van der Waals surface area contributed by atoms with Crippen molar-refractivity contribution in [2.75, 3.05) is 24.5 Å². The molecule has 0 aliphatic carbocycles. The molecule has 2 fully saturated rings. The molecule has 0 bridgehead atoms. The van der Waals surface area contributed by atoms with Gasteiger partial charge in [0.15, 0.2) is 5.76 Å². The van der Waals surface area contributed by atoms with E-state index in [1.165, 1.54) is 0 Å². The van der Waals surface area contributed by atoms with Gasteiger partial charge in [-0.2, -0.15) is 5.10 Å². The van der Waals surface area contributed by atoms with Crippen molar-refractivity contribution in [1.82, 2.24) is 19.8 Å². The minimum absolute atomic E-state index is 0.207. The number of aromatic nitrogens is 3. The summed E-state index contributed by atoms with van der Waals surface area (Å²) in [6, 6.07) is 2.34. The van der Waals surface area contributed by atoms with Crippen LogP contribution < -0.4 is 4.90 Å². The Morgan fingerprint density at radius 2 is 2.30 bits per heavy atom. The molecule has 1 atom stereocenters. The van der Waals surface area contributed by atoms with Gasteiger partial charge in [-0.3, -0.25) is 14.4 Å². The van der Waals surface area contributed by atoms with Gasteiger partial charge < -0.3 is 9.42 Å². The van der Waals surface area contributed by atoms with Gasteiger partial charge in [-0.15, -0.1) is 0 Å². The summed E-state index contributed by atoms with van der Waals surface area (Å²) in [5, 5.41) is 8.42. The molecule has 2 aromatic rings. The molecule has 2 saturated heterocycles. The summed E-state index contributed by atoms with van der Waals surface area (Å²) in [5.74, 6) is 1.12. The van der Waals surface area contributed by atoms with E-state index in [1.807, 2.05) is 35.0 Å². The maximum atomic E-state index is 11.8. The minimum atomic E-state index is 0.207. The molecule has 0 spiro atoms. The molecular formula is C16H21N5O2. The summed E-state index contributed by atoms with van der Waals surface area (Å²) in [6.07, 6.45) is 6.47. The zero-order valence-electron chi connectivity index (χ0n) is 13.3. The van der Waals surface area contributed by atoms with Crippen molar-refractivity contribution < 1.29 is 9.32 Å². The van der Waals surface area contributed by atoms with Gasteiger partial charge in [0.05, 0.1) is 30.2 Å². The molecule has 23 heavy (non-hydrogen) atoms. The minimum Gasteiger partial charge on any atom is -0.360 e. The van der Waals surface area contributed by atoms with Gasteiger partial charge in [-0.1, -0.05) is 5.16 Å². The highest BCUT2D eigenvalue weighted by atomic mass is 16.5. The lowest BCUT2D eigenvalue weighted by Gasteiger charge is -2.15. The van der Waals surface area contributed by atoms with Crippen molar-refractivity contribution in [3.8, 4) is 0 Å². The molecule has 0 N–H and O–H groups in total. The number of likely N-dealkylation sites (tertiary alicyclic amines) is 1. The highest BCUT2D eigenvalue weighted by Crippen LogP contribution is 2.26. The topological polar surface area (TPSA) is 67.4 Å². The lowest BCUT2D eigenvalue weighted by atomic mass is 10.3. The molecule has 2 aliphatic rings. The number of anilines is 1. The van der Waals surface area contributed by atoms with Crippen LogP contribution in [0.25, 0.3) is 0 Å². The summed E-state index contributed by atoms with van der Waals surface area (Å²) in [7, 11) is 0. The molecule has 0 saturated carbocycles. The highest BCUT2D eigenvalue weighted by molar-refractivity contribution is 5.95. The van der Waals surface area contributed by atoms with Crippen LogP contribution in [-0.2, 0) is 11.3 Å².